The standard InChI is InChI=1S/C15H14BrNO3/c1-19-12-8-5-9-13(20-2)14(12)15(18)17-11-7-4-3-6-10(11)16/h3-9H,1-2H3,(H,17,18). The number of rotatable bonds is 4. The van der Waals surface area contributed by atoms with E-state index in [1.165, 1.54) is 14.2 Å². The van der Waals surface area contributed by atoms with Crippen LogP contribution in [-0.4, -0.2) is 20.1 Å². The van der Waals surface area contributed by atoms with E-state index in [0.29, 0.717) is 22.7 Å². The predicted octanol–water partition coefficient (Wildman–Crippen LogP) is 3.72. The molecule has 4 nitrogen and oxygen atoms in total. The van der Waals surface area contributed by atoms with E-state index in [0.717, 1.165) is 4.47 Å². The van der Waals surface area contributed by atoms with Crippen molar-refractivity contribution >= 4 is 27.5 Å². The monoisotopic (exact) mass is 335 g/mol. The Balaban J connectivity index is 2.36. The van der Waals surface area contributed by atoms with E-state index in [-0.39, 0.29) is 5.91 Å². The first-order valence-corrected chi connectivity index (χ1v) is 6.73. The van der Waals surface area contributed by atoms with Crippen LogP contribution < -0.4 is 14.8 Å². The number of nitrogens with one attached hydrogen (secondary N) is 1. The Bertz CT molecular complexity index is 606. The Morgan fingerprint density at radius 1 is 1.00 bits per heavy atom. The van der Waals surface area contributed by atoms with Crippen molar-refractivity contribution in [1.29, 1.82) is 0 Å². The van der Waals surface area contributed by atoms with Gasteiger partial charge in [-0.3, -0.25) is 4.79 Å². The smallest absolute Gasteiger partial charge is 0.263 e. The lowest BCUT2D eigenvalue weighted by Gasteiger charge is -2.13. The van der Waals surface area contributed by atoms with Crippen LogP contribution in [0.25, 0.3) is 0 Å². The Kier molecular flexibility index (Phi) is 4.63. The predicted molar refractivity (Wildman–Crippen MR) is 81.6 cm³/mol. The summed E-state index contributed by atoms with van der Waals surface area (Å²) in [5.74, 6) is 0.647. The molecule has 0 unspecified atom stereocenters. The van der Waals surface area contributed by atoms with E-state index in [1.807, 2.05) is 24.3 Å². The summed E-state index contributed by atoms with van der Waals surface area (Å²) in [5, 5.41) is 2.83. The second-order valence-corrected chi connectivity index (χ2v) is 4.83. The number of amides is 1. The third kappa shape index (κ3) is 2.93. The molecule has 0 radical (unpaired) electrons. The van der Waals surface area contributed by atoms with Crippen molar-refractivity contribution in [3.8, 4) is 11.5 Å². The average Bonchev–Trinajstić information content (AvgIpc) is 2.48. The van der Waals surface area contributed by atoms with Crippen molar-refractivity contribution in [1.82, 2.24) is 0 Å². The van der Waals surface area contributed by atoms with Gasteiger partial charge in [-0.15, -0.1) is 0 Å². The maximum absolute atomic E-state index is 12.4. The first kappa shape index (κ1) is 14.4. The summed E-state index contributed by atoms with van der Waals surface area (Å²) >= 11 is 3.39. The molecule has 0 atom stereocenters. The Hall–Kier alpha value is -2.01. The minimum absolute atomic E-state index is 0.286. The highest BCUT2D eigenvalue weighted by Gasteiger charge is 2.18. The molecule has 104 valence electrons. The Morgan fingerprint density at radius 3 is 2.15 bits per heavy atom. The van der Waals surface area contributed by atoms with Gasteiger partial charge in [0.2, 0.25) is 0 Å². The van der Waals surface area contributed by atoms with Crippen LogP contribution in [0.3, 0.4) is 0 Å². The number of methoxy groups -OCH3 is 2. The molecule has 0 aliphatic rings. The first-order chi connectivity index (χ1) is 9.67. The zero-order valence-electron chi connectivity index (χ0n) is 11.1. The summed E-state index contributed by atoms with van der Waals surface area (Å²) in [4.78, 5) is 12.4. The van der Waals surface area contributed by atoms with Gasteiger partial charge in [-0.2, -0.15) is 0 Å². The van der Waals surface area contributed by atoms with Gasteiger partial charge in [-0.25, -0.2) is 0 Å². The highest BCUT2D eigenvalue weighted by Crippen LogP contribution is 2.30. The van der Waals surface area contributed by atoms with Gasteiger partial charge in [-0.05, 0) is 40.2 Å². The van der Waals surface area contributed by atoms with E-state index in [9.17, 15) is 4.79 Å². The van der Waals surface area contributed by atoms with Crippen LogP contribution in [0.4, 0.5) is 5.69 Å². The molecule has 2 aromatic carbocycles. The van der Waals surface area contributed by atoms with E-state index in [1.54, 1.807) is 18.2 Å². The highest BCUT2D eigenvalue weighted by atomic mass is 79.9. The van der Waals surface area contributed by atoms with Gasteiger partial charge < -0.3 is 14.8 Å². The van der Waals surface area contributed by atoms with E-state index in [4.69, 9.17) is 9.47 Å². The molecule has 0 spiro atoms. The normalized spacial score (nSPS) is 9.95. The van der Waals surface area contributed by atoms with Crippen LogP contribution in [0.1, 0.15) is 10.4 Å². The van der Waals surface area contributed by atoms with Crippen LogP contribution in [0.2, 0.25) is 0 Å². The second kappa shape index (κ2) is 6.43. The van der Waals surface area contributed by atoms with Gasteiger partial charge in [0.1, 0.15) is 17.1 Å². The molecule has 5 heteroatoms. The fourth-order valence-electron chi connectivity index (χ4n) is 1.82. The van der Waals surface area contributed by atoms with Crippen LogP contribution in [0, 0.1) is 0 Å². The van der Waals surface area contributed by atoms with Crippen molar-refractivity contribution in [3.63, 3.8) is 0 Å². The molecule has 0 aromatic heterocycles. The Morgan fingerprint density at radius 2 is 1.60 bits per heavy atom. The van der Waals surface area contributed by atoms with Crippen molar-refractivity contribution < 1.29 is 14.3 Å². The maximum atomic E-state index is 12.4. The molecule has 1 N–H and O–H groups in total. The fourth-order valence-corrected chi connectivity index (χ4v) is 2.21. The zero-order valence-corrected chi connectivity index (χ0v) is 12.7. The number of carbonyl (C=O) groups excluding carboxylic acids is 1. The lowest BCUT2D eigenvalue weighted by Crippen LogP contribution is -2.14. The van der Waals surface area contributed by atoms with Crippen LogP contribution in [0.15, 0.2) is 46.9 Å². The van der Waals surface area contributed by atoms with Crippen LogP contribution >= 0.6 is 15.9 Å². The molecule has 0 aliphatic carbocycles. The van der Waals surface area contributed by atoms with Gasteiger partial charge in [0.15, 0.2) is 0 Å². The molecule has 0 heterocycles. The summed E-state index contributed by atoms with van der Waals surface area (Å²) < 4.78 is 11.3. The van der Waals surface area contributed by atoms with Gasteiger partial charge in [0, 0.05) is 4.47 Å². The van der Waals surface area contributed by atoms with E-state index in [2.05, 4.69) is 21.2 Å². The molecule has 1 amide bonds. The number of hydrogen-bond donors (Lipinski definition) is 1. The summed E-state index contributed by atoms with van der Waals surface area (Å²) in [6, 6.07) is 12.6. The van der Waals surface area contributed by atoms with Gasteiger partial charge >= 0.3 is 0 Å². The summed E-state index contributed by atoms with van der Waals surface area (Å²) in [6.07, 6.45) is 0. The molecule has 20 heavy (non-hydrogen) atoms. The number of anilines is 1. The summed E-state index contributed by atoms with van der Waals surface area (Å²) in [7, 11) is 3.04. The van der Waals surface area contributed by atoms with Crippen molar-refractivity contribution in [3.05, 3.63) is 52.5 Å². The SMILES string of the molecule is COc1cccc(OC)c1C(=O)Nc1ccccc1Br. The lowest BCUT2D eigenvalue weighted by atomic mass is 10.1. The molecule has 2 rings (SSSR count). The molecule has 0 fully saturated rings. The van der Waals surface area contributed by atoms with E-state index >= 15 is 0 Å². The molecule has 0 aliphatic heterocycles. The molecule has 0 bridgehead atoms. The largest absolute Gasteiger partial charge is 0.496 e. The van der Waals surface area contributed by atoms with Crippen LogP contribution in [-0.2, 0) is 0 Å². The van der Waals surface area contributed by atoms with Crippen molar-refractivity contribution in [2.75, 3.05) is 19.5 Å². The highest BCUT2D eigenvalue weighted by molar-refractivity contribution is 9.10. The number of ether oxygens (including phenoxy) is 2. The number of hydrogen-bond acceptors (Lipinski definition) is 3. The van der Waals surface area contributed by atoms with Gasteiger partial charge in [0.25, 0.3) is 5.91 Å². The summed E-state index contributed by atoms with van der Waals surface area (Å²) in [6.45, 7) is 0. The average molecular weight is 336 g/mol. The third-order valence-electron chi connectivity index (χ3n) is 2.78. The molecule has 0 saturated heterocycles. The topological polar surface area (TPSA) is 47.6 Å². The number of carbonyl (C=O) groups is 1. The molecular weight excluding hydrogens is 322 g/mol. The number of halogens is 1. The Labute approximate surface area is 125 Å². The molecular formula is C15H14BrNO3. The maximum Gasteiger partial charge on any atom is 0.263 e. The minimum atomic E-state index is -0.286. The molecule has 2 aromatic rings. The number of benzene rings is 2. The van der Waals surface area contributed by atoms with Crippen LogP contribution in [0.5, 0.6) is 11.5 Å². The molecule has 0 saturated carbocycles. The first-order valence-electron chi connectivity index (χ1n) is 5.94. The van der Waals surface area contributed by atoms with Gasteiger partial charge in [0.05, 0.1) is 19.9 Å². The zero-order chi connectivity index (χ0) is 14.5. The second-order valence-electron chi connectivity index (χ2n) is 3.97. The minimum Gasteiger partial charge on any atom is -0.496 e. The quantitative estimate of drug-likeness (QED) is 0.926. The third-order valence-corrected chi connectivity index (χ3v) is 3.47. The fraction of sp³-hybridized carbons (Fsp3) is 0.133. The number of para-hydroxylation sites is 1. The lowest BCUT2D eigenvalue weighted by molar-refractivity contribution is 0.102. The van der Waals surface area contributed by atoms with Gasteiger partial charge in [-0.1, -0.05) is 18.2 Å². The summed E-state index contributed by atoms with van der Waals surface area (Å²) in [5.41, 5.74) is 1.05. The van der Waals surface area contributed by atoms with Crippen molar-refractivity contribution in [2.24, 2.45) is 0 Å². The van der Waals surface area contributed by atoms with Crippen molar-refractivity contribution in [2.45, 2.75) is 0 Å². The van der Waals surface area contributed by atoms with E-state index < -0.39 is 0 Å².